The van der Waals surface area contributed by atoms with Gasteiger partial charge in [0.2, 0.25) is 0 Å². The highest BCUT2D eigenvalue weighted by Crippen LogP contribution is 2.83. The van der Waals surface area contributed by atoms with Gasteiger partial charge in [-0.3, -0.25) is 0 Å². The highest BCUT2D eigenvalue weighted by molar-refractivity contribution is 8.59. The molecule has 5 heteroatoms. The molecule has 2 saturated heterocycles. The fraction of sp³-hybridized carbons (Fsp3) is 0.462. The molecule has 3 rings (SSSR count). The molecule has 1 nitrogen and oxygen atoms in total. The van der Waals surface area contributed by atoms with Crippen LogP contribution in [0.2, 0.25) is 10.0 Å². The summed E-state index contributed by atoms with van der Waals surface area (Å²) in [7, 11) is 0. The van der Waals surface area contributed by atoms with E-state index in [2.05, 4.69) is 0 Å². The van der Waals surface area contributed by atoms with Crippen molar-refractivity contribution < 1.29 is 4.79 Å². The Kier molecular flexibility index (Phi) is 3.43. The van der Waals surface area contributed by atoms with Crippen molar-refractivity contribution in [2.45, 2.75) is 37.0 Å². The molecule has 2 aliphatic heterocycles. The fourth-order valence-corrected chi connectivity index (χ4v) is 9.77. The van der Waals surface area contributed by atoms with Crippen LogP contribution in [-0.4, -0.2) is 16.8 Å². The molecule has 2 aliphatic rings. The summed E-state index contributed by atoms with van der Waals surface area (Å²) < 4.78 is 0. The quantitative estimate of drug-likeness (QED) is 0.576. The molecule has 1 aromatic rings. The van der Waals surface area contributed by atoms with E-state index in [1.165, 1.54) is 0 Å². The Balaban J connectivity index is 2.06. The van der Waals surface area contributed by atoms with E-state index in [0.717, 1.165) is 25.7 Å². The summed E-state index contributed by atoms with van der Waals surface area (Å²) in [5, 5.41) is 0.930. The van der Waals surface area contributed by atoms with E-state index in [1.807, 2.05) is 0 Å². The van der Waals surface area contributed by atoms with Crippen molar-refractivity contribution in [3.63, 3.8) is 0 Å². The molecule has 0 radical (unpaired) electrons. The van der Waals surface area contributed by atoms with Gasteiger partial charge in [0.1, 0.15) is 0 Å². The minimum atomic E-state index is -1.87. The van der Waals surface area contributed by atoms with Crippen LogP contribution < -0.4 is 0 Å². The second-order valence-corrected chi connectivity index (χ2v) is 11.2. The minimum Gasteiger partial charge on any atom is -0.246 e. The van der Waals surface area contributed by atoms with Crippen molar-refractivity contribution in [1.29, 1.82) is 0 Å². The number of benzene rings is 1. The van der Waals surface area contributed by atoms with Crippen LogP contribution in [0.15, 0.2) is 18.2 Å². The molecule has 1 aromatic carbocycles. The molecule has 2 bridgehead atoms. The molecule has 0 aliphatic carbocycles. The van der Waals surface area contributed by atoms with E-state index in [1.54, 1.807) is 18.2 Å². The van der Waals surface area contributed by atoms with Gasteiger partial charge >= 0.3 is 5.52 Å². The van der Waals surface area contributed by atoms with Crippen LogP contribution in [0.25, 0.3) is 0 Å². The third-order valence-corrected chi connectivity index (χ3v) is 11.5. The van der Waals surface area contributed by atoms with E-state index in [4.69, 9.17) is 35.5 Å². The lowest BCUT2D eigenvalue weighted by molar-refractivity contribution is 0.108. The maximum absolute atomic E-state index is 12.9. The SMILES string of the molecule is O=C(c1c(Cl)cccc1Cl)[P+]1(S)C2CCC1CC2. The first-order valence-electron chi connectivity index (χ1n) is 6.15. The molecule has 18 heavy (non-hydrogen) atoms. The zero-order valence-corrected chi connectivity index (χ0v) is 13.1. The zero-order chi connectivity index (χ0) is 12.9. The molecule has 0 atom stereocenters. The van der Waals surface area contributed by atoms with Crippen LogP contribution in [-0.2, 0) is 0 Å². The van der Waals surface area contributed by atoms with Gasteiger partial charge in [-0.25, -0.2) is 4.79 Å². The normalized spacial score (nSPS) is 33.9. The second kappa shape index (κ2) is 4.66. The monoisotopic (exact) mass is 319 g/mol. The van der Waals surface area contributed by atoms with Gasteiger partial charge in [0.05, 0.1) is 26.9 Å². The van der Waals surface area contributed by atoms with Crippen molar-refractivity contribution in [3.05, 3.63) is 33.8 Å². The van der Waals surface area contributed by atoms with Crippen molar-refractivity contribution in [2.75, 3.05) is 0 Å². The highest BCUT2D eigenvalue weighted by atomic mass is 35.5. The first-order chi connectivity index (χ1) is 8.55. The largest absolute Gasteiger partial charge is 0.312 e. The molecular weight excluding hydrogens is 306 g/mol. The van der Waals surface area contributed by atoms with Crippen LogP contribution in [0, 0.1) is 0 Å². The van der Waals surface area contributed by atoms with E-state index in [-0.39, 0.29) is 5.52 Å². The molecule has 2 heterocycles. The van der Waals surface area contributed by atoms with E-state index in [0.29, 0.717) is 26.9 Å². The molecule has 0 N–H and O–H groups in total. The first-order valence-corrected chi connectivity index (χ1v) is 9.99. The number of carbonyl (C=O) groups excluding carboxylic acids is 1. The second-order valence-electron chi connectivity index (χ2n) is 5.10. The average Bonchev–Trinajstić information content (AvgIpc) is 2.84. The number of carbonyl (C=O) groups is 1. The molecule has 0 saturated carbocycles. The highest BCUT2D eigenvalue weighted by Gasteiger charge is 2.65. The Labute approximate surface area is 123 Å². The van der Waals surface area contributed by atoms with E-state index in [9.17, 15) is 4.79 Å². The Morgan fingerprint density at radius 1 is 1.11 bits per heavy atom. The van der Waals surface area contributed by atoms with Crippen molar-refractivity contribution >= 4 is 47.4 Å². The summed E-state index contributed by atoms with van der Waals surface area (Å²) >= 11 is 17.2. The summed E-state index contributed by atoms with van der Waals surface area (Å²) in [5.74, 6) is 0. The van der Waals surface area contributed by atoms with Crippen LogP contribution in [0.5, 0.6) is 0 Å². The summed E-state index contributed by atoms with van der Waals surface area (Å²) in [5.41, 5.74) is 1.62. The van der Waals surface area contributed by atoms with Gasteiger partial charge in [-0.15, -0.1) is 0 Å². The summed E-state index contributed by atoms with van der Waals surface area (Å²) in [4.78, 5) is 12.9. The molecule has 0 aromatic heterocycles. The zero-order valence-electron chi connectivity index (χ0n) is 9.77. The van der Waals surface area contributed by atoms with Gasteiger partial charge in [0.15, 0.2) is 6.46 Å². The summed E-state index contributed by atoms with van der Waals surface area (Å²) in [6.07, 6.45) is 4.59. The predicted octanol–water partition coefficient (Wildman–Crippen LogP) is 5.32. The number of hydrogen-bond donors (Lipinski definition) is 1. The third-order valence-electron chi connectivity index (χ3n) is 4.28. The summed E-state index contributed by atoms with van der Waals surface area (Å²) in [6, 6.07) is 5.24. The van der Waals surface area contributed by atoms with E-state index < -0.39 is 6.46 Å². The third kappa shape index (κ3) is 1.77. The number of rotatable bonds is 2. The van der Waals surface area contributed by atoms with Crippen LogP contribution >= 0.6 is 41.9 Å². The Morgan fingerprint density at radius 2 is 1.56 bits per heavy atom. The topological polar surface area (TPSA) is 17.1 Å². The molecule has 2 fully saturated rings. The van der Waals surface area contributed by atoms with Crippen LogP contribution in [0.4, 0.5) is 0 Å². The summed E-state index contributed by atoms with van der Waals surface area (Å²) in [6.45, 7) is -1.87. The Hall–Kier alpha value is 0.250. The maximum Gasteiger partial charge on any atom is 0.312 e. The standard InChI is InChI=1S/C13H14Cl2OPS/c14-10-2-1-3-11(15)12(10)13(16)17(18)8-4-5-9(17)7-6-8/h1-3,8-9,18H,4-7H2/q+1. The molecule has 0 spiro atoms. The molecular formula is C13H14Cl2OPS+. The van der Waals surface area contributed by atoms with Gasteiger partial charge in [-0.05, 0) is 37.8 Å². The molecule has 96 valence electrons. The lowest BCUT2D eigenvalue weighted by Gasteiger charge is -2.19. The van der Waals surface area contributed by atoms with Crippen molar-refractivity contribution in [3.8, 4) is 0 Å². The van der Waals surface area contributed by atoms with Gasteiger partial charge in [0.25, 0.3) is 0 Å². The van der Waals surface area contributed by atoms with Gasteiger partial charge in [-0.1, -0.05) is 29.3 Å². The fourth-order valence-electron chi connectivity index (χ4n) is 3.36. The number of hydrogen-bond acceptors (Lipinski definition) is 2. The van der Waals surface area contributed by atoms with E-state index >= 15 is 0 Å². The predicted molar refractivity (Wildman–Crippen MR) is 82.7 cm³/mol. The van der Waals surface area contributed by atoms with Crippen LogP contribution in [0.1, 0.15) is 36.0 Å². The van der Waals surface area contributed by atoms with Gasteiger partial charge < -0.3 is 0 Å². The minimum absolute atomic E-state index is 0.131. The van der Waals surface area contributed by atoms with Crippen molar-refractivity contribution in [2.24, 2.45) is 0 Å². The van der Waals surface area contributed by atoms with Gasteiger partial charge in [-0.2, -0.15) is 0 Å². The Bertz CT molecular complexity index is 479. The molecule has 0 unspecified atom stereocenters. The first kappa shape index (κ1) is 13.2. The molecule has 0 amide bonds. The van der Waals surface area contributed by atoms with Crippen molar-refractivity contribution in [1.82, 2.24) is 0 Å². The lowest BCUT2D eigenvalue weighted by Crippen LogP contribution is -2.12. The Morgan fingerprint density at radius 3 is 2.00 bits per heavy atom. The maximum atomic E-state index is 12.9. The number of halogens is 2. The number of fused-ring (bicyclic) bond motifs is 2. The van der Waals surface area contributed by atoms with Crippen LogP contribution in [0.3, 0.4) is 0 Å². The smallest absolute Gasteiger partial charge is 0.246 e. The lowest BCUT2D eigenvalue weighted by atomic mass is 10.0. The van der Waals surface area contributed by atoms with Gasteiger partial charge in [0, 0.05) is 12.2 Å². The number of thiol groups is 1. The average molecular weight is 320 g/mol.